The maximum Gasteiger partial charge on any atom is 0.231 e. The highest BCUT2D eigenvalue weighted by molar-refractivity contribution is 7.16. The Bertz CT molecular complexity index is 1080. The molecule has 1 aromatic carbocycles. The summed E-state index contributed by atoms with van der Waals surface area (Å²) in [7, 11) is 0. The van der Waals surface area contributed by atoms with E-state index in [9.17, 15) is 0 Å². The number of hydrogen-bond acceptors (Lipinski definition) is 7. The van der Waals surface area contributed by atoms with Crippen LogP contribution in [0.15, 0.2) is 46.6 Å². The SMILES string of the molecule is Clc1ccc(-c2noc(C3CCCN(c4ncnc5sccc45)C3)n2)cc1. The monoisotopic (exact) mass is 397 g/mol. The number of aromatic nitrogens is 4. The fourth-order valence-corrected chi connectivity index (χ4v) is 4.37. The van der Waals surface area contributed by atoms with Gasteiger partial charge in [0.15, 0.2) is 0 Å². The van der Waals surface area contributed by atoms with Gasteiger partial charge in [0.05, 0.1) is 11.3 Å². The van der Waals surface area contributed by atoms with Gasteiger partial charge < -0.3 is 9.42 Å². The molecule has 5 rings (SSSR count). The van der Waals surface area contributed by atoms with E-state index in [1.165, 1.54) is 0 Å². The first-order valence-electron chi connectivity index (χ1n) is 8.80. The number of piperidine rings is 1. The maximum atomic E-state index is 5.95. The van der Waals surface area contributed by atoms with Crippen molar-refractivity contribution in [2.24, 2.45) is 0 Å². The highest BCUT2D eigenvalue weighted by Crippen LogP contribution is 2.33. The lowest BCUT2D eigenvalue weighted by Gasteiger charge is -2.32. The molecule has 0 bridgehead atoms. The van der Waals surface area contributed by atoms with Gasteiger partial charge in [0, 0.05) is 23.7 Å². The molecular weight excluding hydrogens is 382 g/mol. The molecule has 0 aliphatic carbocycles. The van der Waals surface area contributed by atoms with Crippen molar-refractivity contribution in [3.63, 3.8) is 0 Å². The van der Waals surface area contributed by atoms with Crippen LogP contribution in [0.25, 0.3) is 21.6 Å². The summed E-state index contributed by atoms with van der Waals surface area (Å²) >= 11 is 7.59. The van der Waals surface area contributed by atoms with Crippen molar-refractivity contribution >= 4 is 39.0 Å². The molecule has 1 saturated heterocycles. The van der Waals surface area contributed by atoms with Gasteiger partial charge >= 0.3 is 0 Å². The second-order valence-electron chi connectivity index (χ2n) is 6.58. The molecule has 0 amide bonds. The number of halogens is 1. The topological polar surface area (TPSA) is 67.9 Å². The second kappa shape index (κ2) is 6.90. The number of benzene rings is 1. The van der Waals surface area contributed by atoms with Gasteiger partial charge in [-0.25, -0.2) is 9.97 Å². The average molecular weight is 398 g/mol. The van der Waals surface area contributed by atoms with Crippen molar-refractivity contribution in [1.82, 2.24) is 20.1 Å². The summed E-state index contributed by atoms with van der Waals surface area (Å²) in [6.07, 6.45) is 3.72. The molecule has 4 heterocycles. The minimum atomic E-state index is 0.191. The molecule has 0 spiro atoms. The molecule has 1 atom stereocenters. The Kier molecular flexibility index (Phi) is 4.26. The van der Waals surface area contributed by atoms with Gasteiger partial charge in [0.1, 0.15) is 17.0 Å². The summed E-state index contributed by atoms with van der Waals surface area (Å²) in [5.74, 6) is 2.46. The van der Waals surface area contributed by atoms with E-state index in [2.05, 4.69) is 36.5 Å². The van der Waals surface area contributed by atoms with Crippen LogP contribution in [0, 0.1) is 0 Å². The Morgan fingerprint density at radius 3 is 2.93 bits per heavy atom. The summed E-state index contributed by atoms with van der Waals surface area (Å²) in [6.45, 7) is 1.78. The van der Waals surface area contributed by atoms with Crippen LogP contribution in [0.4, 0.5) is 5.82 Å². The van der Waals surface area contributed by atoms with E-state index in [0.29, 0.717) is 16.7 Å². The number of fused-ring (bicyclic) bond motifs is 1. The van der Waals surface area contributed by atoms with Gasteiger partial charge in [0.25, 0.3) is 0 Å². The fraction of sp³-hybridized carbons (Fsp3) is 0.263. The van der Waals surface area contributed by atoms with Crippen LogP contribution in [0.5, 0.6) is 0 Å². The fourth-order valence-electron chi connectivity index (χ4n) is 3.52. The predicted octanol–water partition coefficient (Wildman–Crippen LogP) is 4.78. The number of thiophene rings is 1. The molecule has 136 valence electrons. The number of nitrogens with zero attached hydrogens (tertiary/aromatic N) is 5. The molecule has 1 aliphatic heterocycles. The van der Waals surface area contributed by atoms with Crippen LogP contribution in [0.3, 0.4) is 0 Å². The highest BCUT2D eigenvalue weighted by atomic mass is 35.5. The molecule has 0 saturated carbocycles. The summed E-state index contributed by atoms with van der Waals surface area (Å²) in [4.78, 5) is 16.8. The van der Waals surface area contributed by atoms with Crippen LogP contribution >= 0.6 is 22.9 Å². The largest absolute Gasteiger partial charge is 0.355 e. The zero-order chi connectivity index (χ0) is 18.2. The van der Waals surface area contributed by atoms with Gasteiger partial charge in [-0.05, 0) is 48.6 Å². The average Bonchev–Trinajstić information content (AvgIpc) is 3.38. The molecule has 1 unspecified atom stereocenters. The summed E-state index contributed by atoms with van der Waals surface area (Å²) in [6, 6.07) is 9.55. The van der Waals surface area contributed by atoms with Crippen molar-refractivity contribution < 1.29 is 4.52 Å². The number of rotatable bonds is 3. The van der Waals surface area contributed by atoms with E-state index in [0.717, 1.165) is 47.5 Å². The molecule has 1 fully saturated rings. The maximum absolute atomic E-state index is 5.95. The first-order valence-corrected chi connectivity index (χ1v) is 10.1. The van der Waals surface area contributed by atoms with Gasteiger partial charge in [0.2, 0.25) is 11.7 Å². The molecule has 6 nitrogen and oxygen atoms in total. The zero-order valence-electron chi connectivity index (χ0n) is 14.4. The molecule has 8 heteroatoms. The molecule has 3 aromatic heterocycles. The minimum Gasteiger partial charge on any atom is -0.355 e. The Hall–Kier alpha value is -2.51. The lowest BCUT2D eigenvalue weighted by molar-refractivity contribution is 0.333. The normalized spacial score (nSPS) is 17.5. The van der Waals surface area contributed by atoms with E-state index in [-0.39, 0.29) is 5.92 Å². The third kappa shape index (κ3) is 3.17. The van der Waals surface area contributed by atoms with Crippen LogP contribution in [0.1, 0.15) is 24.7 Å². The van der Waals surface area contributed by atoms with Crippen LogP contribution in [-0.2, 0) is 0 Å². The third-order valence-corrected chi connectivity index (χ3v) is 5.93. The standard InChI is InChI=1S/C19H16ClN5OS/c20-14-5-3-12(4-6-14)16-23-18(26-24-16)13-2-1-8-25(10-13)17-15-7-9-27-19(15)22-11-21-17/h3-7,9,11,13H,1-2,8,10H2. The third-order valence-electron chi connectivity index (χ3n) is 4.86. The predicted molar refractivity (Wildman–Crippen MR) is 106 cm³/mol. The first-order chi connectivity index (χ1) is 13.3. The lowest BCUT2D eigenvalue weighted by Crippen LogP contribution is -2.35. The molecule has 27 heavy (non-hydrogen) atoms. The van der Waals surface area contributed by atoms with Gasteiger partial charge in [-0.3, -0.25) is 0 Å². The Morgan fingerprint density at radius 2 is 2.04 bits per heavy atom. The lowest BCUT2D eigenvalue weighted by atomic mass is 9.98. The van der Waals surface area contributed by atoms with E-state index in [4.69, 9.17) is 16.1 Å². The van der Waals surface area contributed by atoms with Gasteiger partial charge in [-0.1, -0.05) is 16.8 Å². The zero-order valence-corrected chi connectivity index (χ0v) is 16.0. The molecule has 0 radical (unpaired) electrons. The molecule has 4 aromatic rings. The van der Waals surface area contributed by atoms with Crippen molar-refractivity contribution in [3.8, 4) is 11.4 Å². The number of anilines is 1. The summed E-state index contributed by atoms with van der Waals surface area (Å²) in [5.41, 5.74) is 0.901. The van der Waals surface area contributed by atoms with Crippen molar-refractivity contribution in [2.45, 2.75) is 18.8 Å². The van der Waals surface area contributed by atoms with Crippen LogP contribution in [-0.4, -0.2) is 33.2 Å². The molecule has 0 N–H and O–H groups in total. The van der Waals surface area contributed by atoms with E-state index in [1.54, 1.807) is 17.7 Å². The van der Waals surface area contributed by atoms with Crippen molar-refractivity contribution in [1.29, 1.82) is 0 Å². The van der Waals surface area contributed by atoms with E-state index < -0.39 is 0 Å². The van der Waals surface area contributed by atoms with E-state index in [1.807, 2.05) is 24.3 Å². The first kappa shape index (κ1) is 16.6. The van der Waals surface area contributed by atoms with E-state index >= 15 is 0 Å². The van der Waals surface area contributed by atoms with Crippen molar-refractivity contribution in [2.75, 3.05) is 18.0 Å². The molecule has 1 aliphatic rings. The number of hydrogen-bond donors (Lipinski definition) is 0. The van der Waals surface area contributed by atoms with Crippen molar-refractivity contribution in [3.05, 3.63) is 53.0 Å². The minimum absolute atomic E-state index is 0.191. The summed E-state index contributed by atoms with van der Waals surface area (Å²) < 4.78 is 5.59. The Morgan fingerprint density at radius 1 is 1.15 bits per heavy atom. The Balaban J connectivity index is 1.40. The van der Waals surface area contributed by atoms with Gasteiger partial charge in [-0.15, -0.1) is 11.3 Å². The van der Waals surface area contributed by atoms with Crippen LogP contribution in [0.2, 0.25) is 5.02 Å². The quantitative estimate of drug-likeness (QED) is 0.495. The van der Waals surface area contributed by atoms with Gasteiger partial charge in [-0.2, -0.15) is 4.98 Å². The summed E-state index contributed by atoms with van der Waals surface area (Å²) in [5, 5.41) is 8.01. The van der Waals surface area contributed by atoms with Crippen LogP contribution < -0.4 is 4.90 Å². The second-order valence-corrected chi connectivity index (χ2v) is 7.92. The smallest absolute Gasteiger partial charge is 0.231 e. The highest BCUT2D eigenvalue weighted by Gasteiger charge is 2.28. The Labute approximate surface area is 164 Å². The molecular formula is C19H16ClN5OS.